The fourth-order valence-electron chi connectivity index (χ4n) is 2.86. The van der Waals surface area contributed by atoms with Gasteiger partial charge in [-0.05, 0) is 24.5 Å². The molecule has 1 saturated heterocycles. The molecular formula is C16H20ClN5O. The van der Waals surface area contributed by atoms with Gasteiger partial charge in [-0.15, -0.1) is 0 Å². The molecule has 3 N–H and O–H groups in total. The van der Waals surface area contributed by atoms with E-state index in [1.54, 1.807) is 7.11 Å². The Morgan fingerprint density at radius 2 is 2.22 bits per heavy atom. The molecule has 6 nitrogen and oxygen atoms in total. The van der Waals surface area contributed by atoms with E-state index in [2.05, 4.69) is 26.3 Å². The van der Waals surface area contributed by atoms with Gasteiger partial charge in [0.2, 0.25) is 0 Å². The maximum Gasteiger partial charge on any atom is 0.150 e. The van der Waals surface area contributed by atoms with E-state index in [0.717, 1.165) is 37.5 Å². The average molecular weight is 334 g/mol. The summed E-state index contributed by atoms with van der Waals surface area (Å²) in [5, 5.41) is 3.66. The van der Waals surface area contributed by atoms with Gasteiger partial charge >= 0.3 is 0 Å². The molecule has 0 bridgehead atoms. The summed E-state index contributed by atoms with van der Waals surface area (Å²) in [6, 6.07) is 8.10. The Balaban J connectivity index is 1.61. The molecule has 1 aromatic carbocycles. The third kappa shape index (κ3) is 3.42. The van der Waals surface area contributed by atoms with Crippen molar-refractivity contribution in [2.45, 2.75) is 6.42 Å². The number of benzene rings is 1. The maximum absolute atomic E-state index is 6.10. The van der Waals surface area contributed by atoms with E-state index >= 15 is 0 Å². The summed E-state index contributed by atoms with van der Waals surface area (Å²) in [4.78, 5) is 10.3. The van der Waals surface area contributed by atoms with Crippen molar-refractivity contribution in [3.63, 3.8) is 0 Å². The van der Waals surface area contributed by atoms with Crippen LogP contribution in [0.3, 0.4) is 0 Å². The molecule has 1 aliphatic heterocycles. The number of halogens is 1. The number of nitrogens with one attached hydrogen (secondary N) is 1. The van der Waals surface area contributed by atoms with E-state index in [-0.39, 0.29) is 0 Å². The molecule has 0 amide bonds. The number of ether oxygens (including phenoxy) is 1. The molecule has 0 aliphatic carbocycles. The monoisotopic (exact) mass is 333 g/mol. The van der Waals surface area contributed by atoms with Crippen molar-refractivity contribution in [2.24, 2.45) is 5.92 Å². The van der Waals surface area contributed by atoms with E-state index in [1.807, 2.05) is 18.2 Å². The van der Waals surface area contributed by atoms with Crippen LogP contribution in [0.25, 0.3) is 0 Å². The standard InChI is InChI=1S/C16H20ClN5O/c1-23-13-5-3-2-4-12(13)22-7-6-11(9-22)8-19-16-14(17)15(18)20-10-21-16/h2-5,10-11H,6-9H2,1H3,(H3,18,19,20,21)/t11-/m0/s1. The number of hydrogen-bond donors (Lipinski definition) is 2. The topological polar surface area (TPSA) is 76.3 Å². The van der Waals surface area contributed by atoms with Crippen LogP contribution in [0, 0.1) is 5.92 Å². The van der Waals surface area contributed by atoms with Crippen molar-refractivity contribution in [1.82, 2.24) is 9.97 Å². The van der Waals surface area contributed by atoms with Gasteiger partial charge in [-0.1, -0.05) is 23.7 Å². The van der Waals surface area contributed by atoms with Gasteiger partial charge in [-0.3, -0.25) is 0 Å². The lowest BCUT2D eigenvalue weighted by Crippen LogP contribution is -2.23. The van der Waals surface area contributed by atoms with Gasteiger partial charge in [-0.25, -0.2) is 9.97 Å². The van der Waals surface area contributed by atoms with Gasteiger partial charge < -0.3 is 20.7 Å². The van der Waals surface area contributed by atoms with Crippen LogP contribution in [0.4, 0.5) is 17.3 Å². The first-order valence-corrected chi connectivity index (χ1v) is 7.94. The van der Waals surface area contributed by atoms with Crippen molar-refractivity contribution in [1.29, 1.82) is 0 Å². The number of hydrogen-bond acceptors (Lipinski definition) is 6. The van der Waals surface area contributed by atoms with Gasteiger partial charge in [0, 0.05) is 19.6 Å². The van der Waals surface area contributed by atoms with Crippen LogP contribution in [0.15, 0.2) is 30.6 Å². The summed E-state index contributed by atoms with van der Waals surface area (Å²) >= 11 is 6.10. The highest BCUT2D eigenvalue weighted by atomic mass is 35.5. The van der Waals surface area contributed by atoms with Crippen LogP contribution >= 0.6 is 11.6 Å². The van der Waals surface area contributed by atoms with Crippen LogP contribution in [0.1, 0.15) is 6.42 Å². The predicted molar refractivity (Wildman–Crippen MR) is 93.3 cm³/mol. The summed E-state index contributed by atoms with van der Waals surface area (Å²) < 4.78 is 5.45. The highest BCUT2D eigenvalue weighted by Crippen LogP contribution is 2.32. The lowest BCUT2D eigenvalue weighted by Gasteiger charge is -2.21. The number of nitrogens with two attached hydrogens (primary N) is 1. The molecule has 2 aromatic rings. The minimum atomic E-state index is 0.297. The molecule has 1 fully saturated rings. The molecule has 1 aliphatic rings. The molecule has 122 valence electrons. The van der Waals surface area contributed by atoms with Crippen molar-refractivity contribution in [3.8, 4) is 5.75 Å². The third-order valence-electron chi connectivity index (χ3n) is 4.09. The molecular weight excluding hydrogens is 314 g/mol. The molecule has 3 rings (SSSR count). The largest absolute Gasteiger partial charge is 0.495 e. The number of nitrogen functional groups attached to an aromatic ring is 1. The van der Waals surface area contributed by atoms with Gasteiger partial charge in [0.25, 0.3) is 0 Å². The van der Waals surface area contributed by atoms with Crippen molar-refractivity contribution in [3.05, 3.63) is 35.6 Å². The van der Waals surface area contributed by atoms with Gasteiger partial charge in [0.1, 0.15) is 28.7 Å². The number of nitrogens with zero attached hydrogens (tertiary/aromatic N) is 3. The molecule has 0 unspecified atom stereocenters. The number of aromatic nitrogens is 2. The lowest BCUT2D eigenvalue weighted by molar-refractivity contribution is 0.414. The summed E-state index contributed by atoms with van der Waals surface area (Å²) in [6.45, 7) is 2.76. The third-order valence-corrected chi connectivity index (χ3v) is 4.46. The van der Waals surface area contributed by atoms with Crippen LogP contribution in [0.2, 0.25) is 5.02 Å². The summed E-state index contributed by atoms with van der Waals surface area (Å²) in [5.74, 6) is 2.31. The van der Waals surface area contributed by atoms with Gasteiger partial charge in [0.05, 0.1) is 12.8 Å². The highest BCUT2D eigenvalue weighted by Gasteiger charge is 2.24. The fourth-order valence-corrected chi connectivity index (χ4v) is 3.02. The van der Waals surface area contributed by atoms with E-state index in [9.17, 15) is 0 Å². The molecule has 1 atom stereocenters. The quantitative estimate of drug-likeness (QED) is 0.876. The Bertz CT molecular complexity index is 681. The lowest BCUT2D eigenvalue weighted by atomic mass is 10.1. The van der Waals surface area contributed by atoms with Crippen LogP contribution in [-0.4, -0.2) is 36.7 Å². The average Bonchev–Trinajstić information content (AvgIpc) is 3.05. The minimum absolute atomic E-state index is 0.297. The van der Waals surface area contributed by atoms with Crippen LogP contribution in [-0.2, 0) is 0 Å². The van der Waals surface area contributed by atoms with Crippen molar-refractivity contribution in [2.75, 3.05) is 42.7 Å². The second-order valence-corrected chi connectivity index (χ2v) is 5.95. The Labute approximate surface area is 140 Å². The van der Waals surface area contributed by atoms with Crippen molar-refractivity contribution < 1.29 is 4.74 Å². The number of methoxy groups -OCH3 is 1. The number of anilines is 3. The molecule has 7 heteroatoms. The van der Waals surface area contributed by atoms with Gasteiger partial charge in [0.15, 0.2) is 0 Å². The molecule has 0 spiro atoms. The van der Waals surface area contributed by atoms with E-state index < -0.39 is 0 Å². The highest BCUT2D eigenvalue weighted by molar-refractivity contribution is 6.35. The van der Waals surface area contributed by atoms with Crippen LogP contribution < -0.4 is 20.7 Å². The zero-order valence-electron chi connectivity index (χ0n) is 13.0. The molecule has 23 heavy (non-hydrogen) atoms. The molecule has 1 aromatic heterocycles. The van der Waals surface area contributed by atoms with E-state index in [4.69, 9.17) is 22.1 Å². The SMILES string of the molecule is COc1ccccc1N1CC[C@@H](CNc2ncnc(N)c2Cl)C1. The molecule has 0 radical (unpaired) electrons. The summed E-state index contributed by atoms with van der Waals surface area (Å²) in [6.07, 6.45) is 2.52. The maximum atomic E-state index is 6.10. The van der Waals surface area contributed by atoms with Crippen molar-refractivity contribution >= 4 is 28.9 Å². The minimum Gasteiger partial charge on any atom is -0.495 e. The number of para-hydroxylation sites is 2. The van der Waals surface area contributed by atoms with E-state index in [0.29, 0.717) is 22.6 Å². The Kier molecular flexibility index (Phi) is 4.71. The second kappa shape index (κ2) is 6.91. The zero-order chi connectivity index (χ0) is 16.2. The number of rotatable bonds is 5. The molecule has 2 heterocycles. The van der Waals surface area contributed by atoms with Gasteiger partial charge in [-0.2, -0.15) is 0 Å². The first-order chi connectivity index (χ1) is 11.2. The normalized spacial score (nSPS) is 17.3. The van der Waals surface area contributed by atoms with Crippen LogP contribution in [0.5, 0.6) is 5.75 Å². The predicted octanol–water partition coefficient (Wildman–Crippen LogP) is 2.66. The summed E-state index contributed by atoms with van der Waals surface area (Å²) in [5.41, 5.74) is 6.83. The second-order valence-electron chi connectivity index (χ2n) is 5.57. The fraction of sp³-hybridized carbons (Fsp3) is 0.375. The first-order valence-electron chi connectivity index (χ1n) is 7.57. The Morgan fingerprint density at radius 1 is 1.39 bits per heavy atom. The first kappa shape index (κ1) is 15.7. The zero-order valence-corrected chi connectivity index (χ0v) is 13.8. The Hall–Kier alpha value is -2.21. The van der Waals surface area contributed by atoms with E-state index in [1.165, 1.54) is 6.33 Å². The Morgan fingerprint density at radius 3 is 3.04 bits per heavy atom. The summed E-state index contributed by atoms with van der Waals surface area (Å²) in [7, 11) is 1.70. The smallest absolute Gasteiger partial charge is 0.150 e. The molecule has 0 saturated carbocycles.